The van der Waals surface area contributed by atoms with Crippen LogP contribution in [0.5, 0.6) is 0 Å². The molecule has 0 aliphatic heterocycles. The molecule has 3 heteroatoms. The van der Waals surface area contributed by atoms with Crippen molar-refractivity contribution in [3.05, 3.63) is 41.7 Å². The molecule has 3 nitrogen and oxygen atoms in total. The van der Waals surface area contributed by atoms with Crippen molar-refractivity contribution in [3.8, 4) is 0 Å². The summed E-state index contributed by atoms with van der Waals surface area (Å²) in [5.41, 5.74) is 3.60. The first-order chi connectivity index (χ1) is 8.49. The summed E-state index contributed by atoms with van der Waals surface area (Å²) in [6, 6.07) is 4.64. The smallest absolute Gasteiger partial charge is 0.0588 e. The van der Waals surface area contributed by atoms with Gasteiger partial charge in [0.2, 0.25) is 0 Å². The van der Waals surface area contributed by atoms with Crippen LogP contribution in [0.25, 0.3) is 0 Å². The highest BCUT2D eigenvalue weighted by Crippen LogP contribution is 2.09. The third-order valence-corrected chi connectivity index (χ3v) is 2.64. The van der Waals surface area contributed by atoms with E-state index in [1.165, 1.54) is 11.1 Å². The van der Waals surface area contributed by atoms with Crippen LogP contribution in [0.4, 0.5) is 0 Å². The van der Waals surface area contributed by atoms with Crippen LogP contribution in [0.3, 0.4) is 0 Å². The standard InChI is InChI=1S/C15H25N3/c1-12(2)10-18(5)11-15-14(7-6-8-16-15)9-17-13(3)4/h6-8,13,17H,1,9-11H2,2-5H3. The minimum atomic E-state index is 0.492. The number of aromatic nitrogens is 1. The fourth-order valence-corrected chi connectivity index (χ4v) is 1.86. The predicted molar refractivity (Wildman–Crippen MR) is 77.4 cm³/mol. The first kappa shape index (κ1) is 14.9. The van der Waals surface area contributed by atoms with Crippen molar-refractivity contribution in [2.75, 3.05) is 13.6 Å². The summed E-state index contributed by atoms with van der Waals surface area (Å²) in [6.45, 7) is 13.0. The van der Waals surface area contributed by atoms with Crippen molar-refractivity contribution < 1.29 is 0 Å². The van der Waals surface area contributed by atoms with Gasteiger partial charge >= 0.3 is 0 Å². The van der Waals surface area contributed by atoms with E-state index in [1.807, 2.05) is 12.3 Å². The molecule has 0 aromatic carbocycles. The molecule has 0 unspecified atom stereocenters. The topological polar surface area (TPSA) is 28.2 Å². The quantitative estimate of drug-likeness (QED) is 0.751. The summed E-state index contributed by atoms with van der Waals surface area (Å²) in [5.74, 6) is 0. The van der Waals surface area contributed by atoms with Gasteiger partial charge in [0.05, 0.1) is 5.69 Å². The molecular weight excluding hydrogens is 222 g/mol. The third-order valence-electron chi connectivity index (χ3n) is 2.64. The Hall–Kier alpha value is -1.19. The zero-order valence-corrected chi connectivity index (χ0v) is 12.0. The van der Waals surface area contributed by atoms with E-state index in [9.17, 15) is 0 Å². The lowest BCUT2D eigenvalue weighted by molar-refractivity contribution is 0.349. The number of hydrogen-bond donors (Lipinski definition) is 1. The average Bonchev–Trinajstić information content (AvgIpc) is 2.26. The molecule has 0 spiro atoms. The Bertz CT molecular complexity index is 385. The fourth-order valence-electron chi connectivity index (χ4n) is 1.86. The molecule has 100 valence electrons. The van der Waals surface area contributed by atoms with Crippen molar-refractivity contribution in [3.63, 3.8) is 0 Å². The largest absolute Gasteiger partial charge is 0.310 e. The lowest BCUT2D eigenvalue weighted by atomic mass is 10.1. The number of nitrogens with zero attached hydrogens (tertiary/aromatic N) is 2. The maximum absolute atomic E-state index is 4.49. The summed E-state index contributed by atoms with van der Waals surface area (Å²) in [5, 5.41) is 3.44. The summed E-state index contributed by atoms with van der Waals surface area (Å²) < 4.78 is 0. The van der Waals surface area contributed by atoms with Gasteiger partial charge in [0.25, 0.3) is 0 Å². The van der Waals surface area contributed by atoms with Gasteiger partial charge in [-0.25, -0.2) is 0 Å². The molecule has 1 aromatic heterocycles. The Labute approximate surface area is 111 Å². The van der Waals surface area contributed by atoms with Gasteiger partial charge in [0, 0.05) is 31.9 Å². The molecule has 0 radical (unpaired) electrons. The second-order valence-corrected chi connectivity index (χ2v) is 5.27. The van der Waals surface area contributed by atoms with Crippen LogP contribution in [0.15, 0.2) is 30.5 Å². The summed E-state index contributed by atoms with van der Waals surface area (Å²) in [7, 11) is 2.10. The molecule has 0 aliphatic carbocycles. The van der Waals surface area contributed by atoms with Crippen molar-refractivity contribution in [2.45, 2.75) is 39.9 Å². The number of hydrogen-bond acceptors (Lipinski definition) is 3. The Morgan fingerprint density at radius 2 is 2.22 bits per heavy atom. The molecule has 0 fully saturated rings. The second-order valence-electron chi connectivity index (χ2n) is 5.27. The fraction of sp³-hybridized carbons (Fsp3) is 0.533. The van der Waals surface area contributed by atoms with Crippen LogP contribution in [-0.2, 0) is 13.1 Å². The highest BCUT2D eigenvalue weighted by molar-refractivity contribution is 5.19. The zero-order valence-electron chi connectivity index (χ0n) is 12.0. The van der Waals surface area contributed by atoms with Gasteiger partial charge in [0.15, 0.2) is 0 Å². The number of nitrogens with one attached hydrogen (secondary N) is 1. The van der Waals surface area contributed by atoms with Gasteiger partial charge < -0.3 is 5.32 Å². The van der Waals surface area contributed by atoms with Crippen LogP contribution in [0.1, 0.15) is 32.0 Å². The van der Waals surface area contributed by atoms with Gasteiger partial charge in [0.1, 0.15) is 0 Å². The van der Waals surface area contributed by atoms with Gasteiger partial charge in [-0.15, -0.1) is 0 Å². The van der Waals surface area contributed by atoms with E-state index < -0.39 is 0 Å². The second kappa shape index (κ2) is 7.29. The first-order valence-electron chi connectivity index (χ1n) is 6.48. The number of likely N-dealkylation sites (N-methyl/N-ethyl adjacent to an activating group) is 1. The molecule has 0 amide bonds. The Kier molecular flexibility index (Phi) is 6.02. The van der Waals surface area contributed by atoms with Crippen molar-refractivity contribution >= 4 is 0 Å². The summed E-state index contributed by atoms with van der Waals surface area (Å²) >= 11 is 0. The van der Waals surface area contributed by atoms with Crippen molar-refractivity contribution in [1.29, 1.82) is 0 Å². The molecular formula is C15H25N3. The molecule has 1 heterocycles. The normalized spacial score (nSPS) is 11.2. The van der Waals surface area contributed by atoms with E-state index in [0.717, 1.165) is 25.3 Å². The lowest BCUT2D eigenvalue weighted by Crippen LogP contribution is -2.25. The van der Waals surface area contributed by atoms with E-state index in [4.69, 9.17) is 0 Å². The van der Waals surface area contributed by atoms with Crippen LogP contribution >= 0.6 is 0 Å². The highest BCUT2D eigenvalue weighted by Gasteiger charge is 2.07. The van der Waals surface area contributed by atoms with E-state index in [2.05, 4.69) is 55.7 Å². The Morgan fingerprint density at radius 1 is 1.50 bits per heavy atom. The van der Waals surface area contributed by atoms with Crippen LogP contribution in [0, 0.1) is 0 Å². The maximum Gasteiger partial charge on any atom is 0.0588 e. The number of rotatable bonds is 7. The average molecular weight is 247 g/mol. The molecule has 0 saturated carbocycles. The van der Waals surface area contributed by atoms with E-state index in [-0.39, 0.29) is 0 Å². The monoisotopic (exact) mass is 247 g/mol. The maximum atomic E-state index is 4.49. The van der Waals surface area contributed by atoms with Gasteiger partial charge in [-0.1, -0.05) is 32.1 Å². The molecule has 18 heavy (non-hydrogen) atoms. The molecule has 1 N–H and O–H groups in total. The Morgan fingerprint density at radius 3 is 2.83 bits per heavy atom. The van der Waals surface area contributed by atoms with Crippen LogP contribution in [-0.4, -0.2) is 29.5 Å². The molecule has 0 aliphatic rings. The lowest BCUT2D eigenvalue weighted by Gasteiger charge is -2.18. The molecule has 1 rings (SSSR count). The van der Waals surface area contributed by atoms with Gasteiger partial charge in [-0.3, -0.25) is 9.88 Å². The molecule has 0 saturated heterocycles. The van der Waals surface area contributed by atoms with E-state index in [1.54, 1.807) is 0 Å². The molecule has 0 bridgehead atoms. The van der Waals surface area contributed by atoms with Crippen LogP contribution in [0.2, 0.25) is 0 Å². The zero-order chi connectivity index (χ0) is 13.5. The number of pyridine rings is 1. The van der Waals surface area contributed by atoms with Gasteiger partial charge in [-0.2, -0.15) is 0 Å². The van der Waals surface area contributed by atoms with Crippen molar-refractivity contribution in [2.24, 2.45) is 0 Å². The SMILES string of the molecule is C=C(C)CN(C)Cc1ncccc1CNC(C)C. The predicted octanol–water partition coefficient (Wildman–Crippen LogP) is 2.59. The summed E-state index contributed by atoms with van der Waals surface area (Å²) in [4.78, 5) is 6.73. The third kappa shape index (κ3) is 5.43. The Balaban J connectivity index is 2.66. The molecule has 1 aromatic rings. The van der Waals surface area contributed by atoms with E-state index in [0.29, 0.717) is 6.04 Å². The summed E-state index contributed by atoms with van der Waals surface area (Å²) in [6.07, 6.45) is 1.86. The van der Waals surface area contributed by atoms with Crippen LogP contribution < -0.4 is 5.32 Å². The first-order valence-corrected chi connectivity index (χ1v) is 6.48. The minimum Gasteiger partial charge on any atom is -0.310 e. The van der Waals surface area contributed by atoms with Gasteiger partial charge in [-0.05, 0) is 25.6 Å². The van der Waals surface area contributed by atoms with E-state index >= 15 is 0 Å². The molecule has 0 atom stereocenters. The minimum absolute atomic E-state index is 0.492. The van der Waals surface area contributed by atoms with Crippen molar-refractivity contribution in [1.82, 2.24) is 15.2 Å². The highest BCUT2D eigenvalue weighted by atomic mass is 15.1.